The summed E-state index contributed by atoms with van der Waals surface area (Å²) in [6, 6.07) is 11.6. The van der Waals surface area contributed by atoms with Gasteiger partial charge in [0, 0.05) is 30.4 Å². The lowest BCUT2D eigenvalue weighted by Crippen LogP contribution is -2.46. The summed E-state index contributed by atoms with van der Waals surface area (Å²) in [6.07, 6.45) is 7.46. The van der Waals surface area contributed by atoms with Crippen molar-refractivity contribution in [1.29, 1.82) is 0 Å². The van der Waals surface area contributed by atoms with Crippen molar-refractivity contribution in [3.63, 3.8) is 0 Å². The predicted octanol–water partition coefficient (Wildman–Crippen LogP) is 1.21. The third-order valence-corrected chi connectivity index (χ3v) is 4.14. The number of aromatic nitrogens is 3. The van der Waals surface area contributed by atoms with Crippen LogP contribution in [0.5, 0.6) is 0 Å². The fourth-order valence-corrected chi connectivity index (χ4v) is 2.64. The molecule has 3 rings (SSSR count). The largest absolute Gasteiger partial charge is 0.345 e. The molecule has 8 heteroatoms. The maximum Gasteiger partial charge on any atom is 0.272 e. The molecule has 2 N–H and O–H groups in total. The molecule has 0 saturated carbocycles. The maximum absolute atomic E-state index is 12.8. The van der Waals surface area contributed by atoms with E-state index < -0.39 is 11.9 Å². The van der Waals surface area contributed by atoms with Gasteiger partial charge in [0.05, 0.1) is 18.8 Å². The van der Waals surface area contributed by atoms with Crippen LogP contribution in [0, 0.1) is 0 Å². The van der Waals surface area contributed by atoms with Crippen LogP contribution in [0.3, 0.4) is 0 Å². The highest BCUT2D eigenvalue weighted by atomic mass is 16.2. The van der Waals surface area contributed by atoms with E-state index in [1.807, 2.05) is 30.3 Å². The lowest BCUT2D eigenvalue weighted by molar-refractivity contribution is -0.119. The normalized spacial score (nSPS) is 11.3. The molecule has 2 heterocycles. The smallest absolute Gasteiger partial charge is 0.272 e. The van der Waals surface area contributed by atoms with E-state index >= 15 is 0 Å². The van der Waals surface area contributed by atoms with Crippen LogP contribution in [0.25, 0.3) is 0 Å². The summed E-state index contributed by atoms with van der Waals surface area (Å²) in [4.78, 5) is 49.1. The second-order valence-corrected chi connectivity index (χ2v) is 6.19. The van der Waals surface area contributed by atoms with Gasteiger partial charge in [0.15, 0.2) is 5.78 Å². The van der Waals surface area contributed by atoms with Crippen LogP contribution in [0.1, 0.15) is 26.4 Å². The molecule has 146 valence electrons. The summed E-state index contributed by atoms with van der Waals surface area (Å²) < 4.78 is 0. The highest BCUT2D eigenvalue weighted by Gasteiger charge is 2.23. The number of rotatable bonds is 8. The molecule has 0 radical (unpaired) electrons. The molecule has 0 unspecified atom stereocenters. The van der Waals surface area contributed by atoms with Gasteiger partial charge in [-0.2, -0.15) is 0 Å². The van der Waals surface area contributed by atoms with Crippen LogP contribution in [-0.4, -0.2) is 45.1 Å². The summed E-state index contributed by atoms with van der Waals surface area (Å²) in [5.41, 5.74) is 1.39. The van der Waals surface area contributed by atoms with Gasteiger partial charge in [0.25, 0.3) is 11.8 Å². The molecule has 8 nitrogen and oxygen atoms in total. The first-order valence-corrected chi connectivity index (χ1v) is 8.95. The van der Waals surface area contributed by atoms with Gasteiger partial charge < -0.3 is 10.6 Å². The van der Waals surface area contributed by atoms with E-state index in [9.17, 15) is 14.4 Å². The fourth-order valence-electron chi connectivity index (χ4n) is 2.64. The van der Waals surface area contributed by atoms with E-state index in [0.717, 1.165) is 5.56 Å². The van der Waals surface area contributed by atoms with Crippen molar-refractivity contribution in [2.75, 3.05) is 6.54 Å². The number of pyridine rings is 1. The summed E-state index contributed by atoms with van der Waals surface area (Å²) in [5.74, 6) is -1.22. The molecule has 0 aliphatic carbocycles. The minimum Gasteiger partial charge on any atom is -0.345 e. The SMILES string of the molecule is O=C(NCC(=O)[C@H](Cc1ccccc1)NC(=O)c1cnccn1)c1ccncc1. The Morgan fingerprint density at radius 3 is 2.31 bits per heavy atom. The van der Waals surface area contributed by atoms with Crippen LogP contribution in [-0.2, 0) is 11.2 Å². The zero-order valence-corrected chi connectivity index (χ0v) is 15.5. The van der Waals surface area contributed by atoms with Crippen LogP contribution < -0.4 is 10.6 Å². The molecule has 0 fully saturated rings. The number of nitrogens with one attached hydrogen (secondary N) is 2. The Bertz CT molecular complexity index is 965. The Kier molecular flexibility index (Phi) is 6.72. The van der Waals surface area contributed by atoms with Crippen LogP contribution >= 0.6 is 0 Å². The minimum absolute atomic E-state index is 0.110. The predicted molar refractivity (Wildman–Crippen MR) is 105 cm³/mol. The Balaban J connectivity index is 1.68. The van der Waals surface area contributed by atoms with Crippen molar-refractivity contribution in [3.8, 4) is 0 Å². The molecular weight excluding hydrogens is 370 g/mol. The minimum atomic E-state index is -0.829. The number of carbonyl (C=O) groups excluding carboxylic acids is 3. The van der Waals surface area contributed by atoms with E-state index in [4.69, 9.17) is 0 Å². The van der Waals surface area contributed by atoms with E-state index in [1.165, 1.54) is 31.0 Å². The first kappa shape index (κ1) is 19.8. The second kappa shape index (κ2) is 9.84. The average Bonchev–Trinajstić information content (AvgIpc) is 2.78. The number of amides is 2. The molecule has 1 atom stereocenters. The average molecular weight is 389 g/mol. The Labute approximate surface area is 167 Å². The number of benzene rings is 1. The highest BCUT2D eigenvalue weighted by Crippen LogP contribution is 2.05. The standard InChI is InChI=1S/C21H19N5O3/c27-19(14-25-20(28)16-6-8-22-9-7-16)17(12-15-4-2-1-3-5-15)26-21(29)18-13-23-10-11-24-18/h1-11,13,17H,12,14H2,(H,25,28)(H,26,29)/t17-/m0/s1. The quantitative estimate of drug-likeness (QED) is 0.599. The number of carbonyl (C=O) groups is 3. The summed E-state index contributed by atoms with van der Waals surface area (Å²) in [6.45, 7) is -0.223. The Morgan fingerprint density at radius 1 is 0.862 bits per heavy atom. The summed E-state index contributed by atoms with van der Waals surface area (Å²) >= 11 is 0. The van der Waals surface area contributed by atoms with Gasteiger partial charge in [-0.25, -0.2) is 4.98 Å². The molecular formula is C21H19N5O3. The van der Waals surface area contributed by atoms with Crippen LogP contribution in [0.15, 0.2) is 73.4 Å². The van der Waals surface area contributed by atoms with Crippen LogP contribution in [0.4, 0.5) is 0 Å². The Hall–Kier alpha value is -3.94. The molecule has 0 bridgehead atoms. The van der Waals surface area contributed by atoms with Crippen LogP contribution in [0.2, 0.25) is 0 Å². The molecule has 0 saturated heterocycles. The van der Waals surface area contributed by atoms with Gasteiger partial charge in [-0.15, -0.1) is 0 Å². The van der Waals surface area contributed by atoms with Gasteiger partial charge in [-0.3, -0.25) is 24.4 Å². The zero-order chi connectivity index (χ0) is 20.5. The van der Waals surface area contributed by atoms with Crippen molar-refractivity contribution >= 4 is 17.6 Å². The van der Waals surface area contributed by atoms with E-state index in [2.05, 4.69) is 25.6 Å². The van der Waals surface area contributed by atoms with Crippen molar-refractivity contribution in [2.45, 2.75) is 12.5 Å². The van der Waals surface area contributed by atoms with Crippen molar-refractivity contribution in [3.05, 3.63) is 90.3 Å². The number of hydrogen-bond acceptors (Lipinski definition) is 6. The molecule has 3 aromatic rings. The van der Waals surface area contributed by atoms with Gasteiger partial charge in [0.1, 0.15) is 5.69 Å². The second-order valence-electron chi connectivity index (χ2n) is 6.19. The number of Topliss-reactive ketones (excluding diaryl/α,β-unsaturated/α-hetero) is 1. The van der Waals surface area contributed by atoms with Crippen molar-refractivity contribution < 1.29 is 14.4 Å². The van der Waals surface area contributed by atoms with Gasteiger partial charge in [0.2, 0.25) is 0 Å². The number of hydrogen-bond donors (Lipinski definition) is 2. The highest BCUT2D eigenvalue weighted by molar-refractivity contribution is 6.00. The molecule has 0 spiro atoms. The topological polar surface area (TPSA) is 114 Å². The molecule has 0 aliphatic rings. The lowest BCUT2D eigenvalue weighted by Gasteiger charge is -2.18. The fraction of sp³-hybridized carbons (Fsp3) is 0.143. The van der Waals surface area contributed by atoms with E-state index in [-0.39, 0.29) is 30.3 Å². The monoisotopic (exact) mass is 389 g/mol. The van der Waals surface area contributed by atoms with E-state index in [0.29, 0.717) is 5.56 Å². The molecule has 2 amide bonds. The molecule has 2 aromatic heterocycles. The summed E-state index contributed by atoms with van der Waals surface area (Å²) in [5, 5.41) is 5.28. The first-order valence-electron chi connectivity index (χ1n) is 8.95. The van der Waals surface area contributed by atoms with E-state index in [1.54, 1.807) is 12.1 Å². The lowest BCUT2D eigenvalue weighted by atomic mass is 10.0. The van der Waals surface area contributed by atoms with Crippen molar-refractivity contribution in [2.24, 2.45) is 0 Å². The molecule has 0 aliphatic heterocycles. The molecule has 29 heavy (non-hydrogen) atoms. The first-order chi connectivity index (χ1) is 14.1. The third-order valence-electron chi connectivity index (χ3n) is 4.14. The third kappa shape index (κ3) is 5.77. The van der Waals surface area contributed by atoms with Crippen molar-refractivity contribution in [1.82, 2.24) is 25.6 Å². The van der Waals surface area contributed by atoms with Gasteiger partial charge in [-0.05, 0) is 24.1 Å². The zero-order valence-electron chi connectivity index (χ0n) is 15.5. The maximum atomic E-state index is 12.8. The summed E-state index contributed by atoms with van der Waals surface area (Å²) in [7, 11) is 0. The molecule has 1 aromatic carbocycles. The van der Waals surface area contributed by atoms with Gasteiger partial charge in [-0.1, -0.05) is 30.3 Å². The van der Waals surface area contributed by atoms with Gasteiger partial charge >= 0.3 is 0 Å². The Morgan fingerprint density at radius 2 is 1.62 bits per heavy atom. The number of ketones is 1. The number of nitrogens with zero attached hydrogens (tertiary/aromatic N) is 3.